The Morgan fingerprint density at radius 1 is 1.17 bits per heavy atom. The highest BCUT2D eigenvalue weighted by Crippen LogP contribution is 2.23. The van der Waals surface area contributed by atoms with Crippen LogP contribution in [-0.2, 0) is 9.53 Å². The van der Waals surface area contributed by atoms with Crippen molar-refractivity contribution in [3.05, 3.63) is 29.8 Å². The van der Waals surface area contributed by atoms with Gasteiger partial charge in [-0.05, 0) is 37.8 Å². The third-order valence-electron chi connectivity index (χ3n) is 5.53. The fourth-order valence-electron chi connectivity index (χ4n) is 3.78. The number of rotatable bonds is 4. The van der Waals surface area contributed by atoms with E-state index in [2.05, 4.69) is 13.8 Å². The lowest BCUT2D eigenvalue weighted by molar-refractivity contribution is -0.139. The zero-order valence-corrected chi connectivity index (χ0v) is 18.4. The van der Waals surface area contributed by atoms with E-state index < -0.39 is 0 Å². The van der Waals surface area contributed by atoms with Gasteiger partial charge in [0.25, 0.3) is 5.91 Å². The van der Waals surface area contributed by atoms with Gasteiger partial charge in [-0.1, -0.05) is 38.8 Å². The van der Waals surface area contributed by atoms with Crippen LogP contribution < -0.4 is 4.74 Å². The van der Waals surface area contributed by atoms with E-state index in [0.29, 0.717) is 31.0 Å². The van der Waals surface area contributed by atoms with Crippen molar-refractivity contribution in [2.45, 2.75) is 52.5 Å². The lowest BCUT2D eigenvalue weighted by Crippen LogP contribution is -2.48. The second-order valence-corrected chi connectivity index (χ2v) is 7.94. The lowest BCUT2D eigenvalue weighted by atomic mass is 10.0. The maximum atomic E-state index is 13.1. The summed E-state index contributed by atoms with van der Waals surface area (Å²) in [5.74, 6) is 0.800. The molecule has 0 saturated carbocycles. The summed E-state index contributed by atoms with van der Waals surface area (Å²) < 4.78 is 11.3. The summed E-state index contributed by atoms with van der Waals surface area (Å²) in [6, 6.07) is 7.33. The molecule has 2 amide bonds. The van der Waals surface area contributed by atoms with E-state index in [4.69, 9.17) is 9.47 Å². The molecule has 1 atom stereocenters. The first-order valence-electron chi connectivity index (χ1n) is 10.8. The predicted octanol–water partition coefficient (Wildman–Crippen LogP) is 3.60. The molecule has 0 radical (unpaired) electrons. The number of ether oxygens (including phenoxy) is 2. The zero-order chi connectivity index (χ0) is 21.2. The second kappa shape index (κ2) is 11.8. The minimum Gasteiger partial charge on any atom is -0.491 e. The fraction of sp³-hybridized carbons (Fsp3) is 0.652. The number of hydrogen-bond acceptors (Lipinski definition) is 4. The second-order valence-electron chi connectivity index (χ2n) is 7.94. The Morgan fingerprint density at radius 3 is 2.52 bits per heavy atom. The van der Waals surface area contributed by atoms with Crippen LogP contribution in [0, 0.1) is 5.92 Å². The smallest absolute Gasteiger partial charge is 0.257 e. The molecule has 1 aliphatic heterocycles. The summed E-state index contributed by atoms with van der Waals surface area (Å²) in [5, 5.41) is 0. The Labute approximate surface area is 175 Å². The Morgan fingerprint density at radius 2 is 1.86 bits per heavy atom. The zero-order valence-electron chi connectivity index (χ0n) is 18.4. The Balaban J connectivity index is 2.32. The van der Waals surface area contributed by atoms with Crippen molar-refractivity contribution in [3.63, 3.8) is 0 Å². The Kier molecular flexibility index (Phi) is 9.45. The molecular formula is C23H36N2O4. The normalized spacial score (nSPS) is 19.5. The molecular weight excluding hydrogens is 368 g/mol. The number of amides is 2. The third kappa shape index (κ3) is 6.46. The summed E-state index contributed by atoms with van der Waals surface area (Å²) in [6.07, 6.45) is 3.98. The molecule has 0 N–H and O–H groups in total. The SMILES string of the molecule is CCN1CCCCCCN(C(=O)COC)[C@@H](C(C)C)COc2ccccc2C1=O. The number of para-hydroxylation sites is 1. The van der Waals surface area contributed by atoms with Crippen molar-refractivity contribution in [3.8, 4) is 5.75 Å². The van der Waals surface area contributed by atoms with Crippen LogP contribution in [0.25, 0.3) is 0 Å². The molecule has 1 aromatic carbocycles. The quantitative estimate of drug-likeness (QED) is 0.769. The van der Waals surface area contributed by atoms with Crippen LogP contribution in [0.5, 0.6) is 5.75 Å². The van der Waals surface area contributed by atoms with Gasteiger partial charge in [-0.2, -0.15) is 0 Å². The number of carbonyl (C=O) groups excluding carboxylic acids is 2. The largest absolute Gasteiger partial charge is 0.491 e. The summed E-state index contributed by atoms with van der Waals surface area (Å²) in [7, 11) is 1.55. The van der Waals surface area contributed by atoms with Crippen LogP contribution >= 0.6 is 0 Å². The third-order valence-corrected chi connectivity index (χ3v) is 5.53. The van der Waals surface area contributed by atoms with Crippen LogP contribution in [0.1, 0.15) is 56.8 Å². The van der Waals surface area contributed by atoms with E-state index in [1.54, 1.807) is 7.11 Å². The molecule has 1 heterocycles. The first-order chi connectivity index (χ1) is 14.0. The molecule has 2 rings (SSSR count). The van der Waals surface area contributed by atoms with E-state index in [9.17, 15) is 9.59 Å². The highest BCUT2D eigenvalue weighted by molar-refractivity contribution is 5.96. The topological polar surface area (TPSA) is 59.1 Å². The van der Waals surface area contributed by atoms with Gasteiger partial charge in [-0.15, -0.1) is 0 Å². The van der Waals surface area contributed by atoms with Crippen LogP contribution in [-0.4, -0.2) is 67.6 Å². The van der Waals surface area contributed by atoms with E-state index in [-0.39, 0.29) is 30.4 Å². The number of nitrogens with zero attached hydrogens (tertiary/aromatic N) is 2. The van der Waals surface area contributed by atoms with Gasteiger partial charge in [0.05, 0.1) is 11.6 Å². The predicted molar refractivity (Wildman–Crippen MR) is 114 cm³/mol. The summed E-state index contributed by atoms with van der Waals surface area (Å²) >= 11 is 0. The monoisotopic (exact) mass is 404 g/mol. The average Bonchev–Trinajstić information content (AvgIpc) is 2.71. The molecule has 1 aliphatic rings. The molecule has 6 nitrogen and oxygen atoms in total. The number of methoxy groups -OCH3 is 1. The van der Waals surface area contributed by atoms with Gasteiger partial charge >= 0.3 is 0 Å². The van der Waals surface area contributed by atoms with Crippen molar-refractivity contribution in [2.24, 2.45) is 5.92 Å². The van der Waals surface area contributed by atoms with Crippen molar-refractivity contribution >= 4 is 11.8 Å². The van der Waals surface area contributed by atoms with Crippen LogP contribution in [0.2, 0.25) is 0 Å². The summed E-state index contributed by atoms with van der Waals surface area (Å²) in [6.45, 7) is 8.75. The Hall–Kier alpha value is -2.08. The van der Waals surface area contributed by atoms with Crippen molar-refractivity contribution in [1.82, 2.24) is 9.80 Å². The van der Waals surface area contributed by atoms with Gasteiger partial charge in [0.1, 0.15) is 19.0 Å². The number of carbonyl (C=O) groups is 2. The van der Waals surface area contributed by atoms with Gasteiger partial charge in [0, 0.05) is 26.7 Å². The van der Waals surface area contributed by atoms with Gasteiger partial charge in [0.15, 0.2) is 0 Å². The number of hydrogen-bond donors (Lipinski definition) is 0. The molecule has 1 aromatic rings. The molecule has 29 heavy (non-hydrogen) atoms. The summed E-state index contributed by atoms with van der Waals surface area (Å²) in [5.41, 5.74) is 0.587. The van der Waals surface area contributed by atoms with Gasteiger partial charge in [0.2, 0.25) is 5.91 Å². The standard InChI is InChI=1S/C23H36N2O4/c1-5-24-14-10-6-7-11-15-25(22(26)17-28-4)20(18(2)3)16-29-21-13-9-8-12-19(21)23(24)27/h8-9,12-13,18,20H,5-7,10-11,14-17H2,1-4H3/t20-/m1/s1. The van der Waals surface area contributed by atoms with Crippen molar-refractivity contribution < 1.29 is 19.1 Å². The molecule has 6 heteroatoms. The van der Waals surface area contributed by atoms with Crippen molar-refractivity contribution in [2.75, 3.05) is 40.0 Å². The van der Waals surface area contributed by atoms with Gasteiger partial charge in [-0.3, -0.25) is 9.59 Å². The lowest BCUT2D eigenvalue weighted by Gasteiger charge is -2.35. The molecule has 162 valence electrons. The average molecular weight is 405 g/mol. The minimum atomic E-state index is -0.0778. The number of benzene rings is 1. The van der Waals surface area contributed by atoms with Gasteiger partial charge < -0.3 is 19.3 Å². The molecule has 0 unspecified atom stereocenters. The van der Waals surface area contributed by atoms with Crippen LogP contribution in [0.15, 0.2) is 24.3 Å². The van der Waals surface area contributed by atoms with Crippen molar-refractivity contribution in [1.29, 1.82) is 0 Å². The van der Waals surface area contributed by atoms with E-state index >= 15 is 0 Å². The summed E-state index contributed by atoms with van der Waals surface area (Å²) in [4.78, 5) is 29.6. The fourth-order valence-corrected chi connectivity index (χ4v) is 3.78. The van der Waals surface area contributed by atoms with Gasteiger partial charge in [-0.25, -0.2) is 0 Å². The number of fused-ring (bicyclic) bond motifs is 1. The molecule has 0 saturated heterocycles. The van der Waals surface area contributed by atoms with Crippen LogP contribution in [0.3, 0.4) is 0 Å². The maximum Gasteiger partial charge on any atom is 0.257 e. The Bertz CT molecular complexity index is 662. The molecule has 0 aromatic heterocycles. The first-order valence-corrected chi connectivity index (χ1v) is 10.8. The minimum absolute atomic E-state index is 0.00794. The van der Waals surface area contributed by atoms with E-state index in [0.717, 1.165) is 32.2 Å². The molecule has 0 aliphatic carbocycles. The molecule has 0 bridgehead atoms. The molecule has 0 fully saturated rings. The first kappa shape index (κ1) is 23.2. The highest BCUT2D eigenvalue weighted by atomic mass is 16.5. The maximum absolute atomic E-state index is 13.1. The van der Waals surface area contributed by atoms with Crippen LogP contribution in [0.4, 0.5) is 0 Å². The highest BCUT2D eigenvalue weighted by Gasteiger charge is 2.28. The molecule has 0 spiro atoms. The van der Waals surface area contributed by atoms with E-state index in [1.165, 1.54) is 0 Å². The van der Waals surface area contributed by atoms with E-state index in [1.807, 2.05) is 41.0 Å².